The van der Waals surface area contributed by atoms with E-state index >= 15 is 0 Å². The molecule has 16 heavy (non-hydrogen) atoms. The van der Waals surface area contributed by atoms with E-state index in [0.717, 1.165) is 23.8 Å². The predicted molar refractivity (Wildman–Crippen MR) is 63.4 cm³/mol. The summed E-state index contributed by atoms with van der Waals surface area (Å²) in [4.78, 5) is 4.45. The van der Waals surface area contributed by atoms with Crippen LogP contribution in [0.1, 0.15) is 25.1 Å². The van der Waals surface area contributed by atoms with Crippen molar-refractivity contribution in [2.75, 3.05) is 5.32 Å². The molecule has 0 aliphatic heterocycles. The molecule has 86 valence electrons. The number of hydrogen-bond acceptors (Lipinski definition) is 3. The fourth-order valence-corrected chi connectivity index (χ4v) is 1.60. The predicted octanol–water partition coefficient (Wildman–Crippen LogP) is 1.78. The van der Waals surface area contributed by atoms with E-state index in [-0.39, 0.29) is 0 Å². The first-order chi connectivity index (χ1) is 7.65. The minimum atomic E-state index is 0.380. The van der Waals surface area contributed by atoms with E-state index in [4.69, 9.17) is 0 Å². The smallest absolute Gasteiger partial charge is 0.203 e. The lowest BCUT2D eigenvalue weighted by Gasteiger charge is -2.11. The van der Waals surface area contributed by atoms with Gasteiger partial charge in [-0.05, 0) is 20.8 Å². The monoisotopic (exact) mass is 219 g/mol. The maximum Gasteiger partial charge on any atom is 0.203 e. The van der Waals surface area contributed by atoms with Crippen molar-refractivity contribution in [2.24, 2.45) is 0 Å². The lowest BCUT2D eigenvalue weighted by molar-refractivity contribution is 0.774. The topological polar surface area (TPSA) is 58.5 Å². The maximum atomic E-state index is 4.45. The van der Waals surface area contributed by atoms with Gasteiger partial charge in [-0.25, -0.2) is 4.98 Å². The van der Waals surface area contributed by atoms with E-state index in [1.807, 2.05) is 25.5 Å². The first-order valence-corrected chi connectivity index (χ1v) is 5.43. The number of aromatic nitrogens is 4. The molecule has 0 fully saturated rings. The minimum absolute atomic E-state index is 0.380. The minimum Gasteiger partial charge on any atom is -0.353 e. The molecule has 5 heteroatoms. The molecule has 0 bridgehead atoms. The molecule has 0 saturated heterocycles. The second-order valence-electron chi connectivity index (χ2n) is 4.24. The normalized spacial score (nSPS) is 11.0. The standard InChI is InChI=1S/C11H17N5/c1-8(2)14-11-15-9(3)6-16(11)7-10-4-12-13-5-10/h4-6,8H,7H2,1-3H3,(H,12,13)(H,14,15). The molecular weight excluding hydrogens is 202 g/mol. The van der Waals surface area contributed by atoms with Gasteiger partial charge in [0.25, 0.3) is 0 Å². The van der Waals surface area contributed by atoms with Gasteiger partial charge >= 0.3 is 0 Å². The van der Waals surface area contributed by atoms with Gasteiger partial charge in [-0.3, -0.25) is 5.10 Å². The molecule has 0 aliphatic carbocycles. The number of rotatable bonds is 4. The van der Waals surface area contributed by atoms with Crippen LogP contribution in [-0.2, 0) is 6.54 Å². The van der Waals surface area contributed by atoms with Crippen LogP contribution in [0.3, 0.4) is 0 Å². The lowest BCUT2D eigenvalue weighted by atomic mass is 10.3. The second-order valence-corrected chi connectivity index (χ2v) is 4.24. The molecule has 2 heterocycles. The Hall–Kier alpha value is -1.78. The van der Waals surface area contributed by atoms with Crippen molar-refractivity contribution in [3.8, 4) is 0 Å². The van der Waals surface area contributed by atoms with Crippen LogP contribution in [0.5, 0.6) is 0 Å². The fourth-order valence-electron chi connectivity index (χ4n) is 1.60. The van der Waals surface area contributed by atoms with Crippen molar-refractivity contribution in [3.05, 3.63) is 29.8 Å². The SMILES string of the molecule is Cc1cn(Cc2cn[nH]c2)c(NC(C)C)n1. The van der Waals surface area contributed by atoms with Crippen LogP contribution < -0.4 is 5.32 Å². The summed E-state index contributed by atoms with van der Waals surface area (Å²) in [5.41, 5.74) is 2.16. The summed E-state index contributed by atoms with van der Waals surface area (Å²) in [5, 5.41) is 10.1. The zero-order chi connectivity index (χ0) is 11.5. The van der Waals surface area contributed by atoms with Gasteiger partial charge in [0.05, 0.1) is 18.4 Å². The number of aryl methyl sites for hydroxylation is 1. The molecule has 2 N–H and O–H groups in total. The van der Waals surface area contributed by atoms with Crippen LogP contribution in [0, 0.1) is 6.92 Å². The van der Waals surface area contributed by atoms with Gasteiger partial charge < -0.3 is 9.88 Å². The Morgan fingerprint density at radius 2 is 2.31 bits per heavy atom. The molecule has 0 unspecified atom stereocenters. The summed E-state index contributed by atoms with van der Waals surface area (Å²) in [7, 11) is 0. The molecule has 0 aliphatic rings. The third-order valence-electron chi connectivity index (χ3n) is 2.22. The van der Waals surface area contributed by atoms with E-state index in [1.165, 1.54) is 0 Å². The molecule has 5 nitrogen and oxygen atoms in total. The van der Waals surface area contributed by atoms with E-state index in [0.29, 0.717) is 6.04 Å². The molecule has 0 spiro atoms. The van der Waals surface area contributed by atoms with Gasteiger partial charge in [0.1, 0.15) is 0 Å². The Morgan fingerprint density at radius 1 is 1.50 bits per heavy atom. The molecule has 0 saturated carbocycles. The highest BCUT2D eigenvalue weighted by Gasteiger charge is 2.07. The largest absolute Gasteiger partial charge is 0.353 e. The number of nitrogens with one attached hydrogen (secondary N) is 2. The maximum absolute atomic E-state index is 4.45. The molecule has 2 aromatic heterocycles. The van der Waals surface area contributed by atoms with Gasteiger partial charge in [-0.2, -0.15) is 5.10 Å². The summed E-state index contributed by atoms with van der Waals surface area (Å²) < 4.78 is 2.10. The second kappa shape index (κ2) is 4.38. The van der Waals surface area contributed by atoms with Gasteiger partial charge in [-0.1, -0.05) is 0 Å². The third kappa shape index (κ3) is 2.42. The highest BCUT2D eigenvalue weighted by molar-refractivity contribution is 5.30. The molecule has 0 amide bonds. The zero-order valence-electron chi connectivity index (χ0n) is 9.86. The van der Waals surface area contributed by atoms with Crippen molar-refractivity contribution in [2.45, 2.75) is 33.4 Å². The van der Waals surface area contributed by atoms with Crippen LogP contribution in [-0.4, -0.2) is 25.8 Å². The number of nitrogens with zero attached hydrogens (tertiary/aromatic N) is 3. The van der Waals surface area contributed by atoms with Gasteiger partial charge in [0, 0.05) is 24.0 Å². The summed E-state index contributed by atoms with van der Waals surface area (Å²) in [6, 6.07) is 0.380. The van der Waals surface area contributed by atoms with Crippen LogP contribution in [0.4, 0.5) is 5.95 Å². The van der Waals surface area contributed by atoms with Crippen molar-refractivity contribution >= 4 is 5.95 Å². The lowest BCUT2D eigenvalue weighted by Crippen LogP contribution is -2.14. The highest BCUT2D eigenvalue weighted by Crippen LogP contribution is 2.12. The van der Waals surface area contributed by atoms with Crippen molar-refractivity contribution < 1.29 is 0 Å². The molecule has 0 radical (unpaired) electrons. The van der Waals surface area contributed by atoms with Crippen molar-refractivity contribution in [1.82, 2.24) is 19.7 Å². The van der Waals surface area contributed by atoms with E-state index < -0.39 is 0 Å². The number of imidazole rings is 1. The van der Waals surface area contributed by atoms with Crippen molar-refractivity contribution in [3.63, 3.8) is 0 Å². The summed E-state index contributed by atoms with van der Waals surface area (Å²) >= 11 is 0. The first-order valence-electron chi connectivity index (χ1n) is 5.43. The van der Waals surface area contributed by atoms with Crippen molar-refractivity contribution in [1.29, 1.82) is 0 Å². The van der Waals surface area contributed by atoms with E-state index in [2.05, 4.69) is 38.9 Å². The van der Waals surface area contributed by atoms with Gasteiger partial charge in [0.15, 0.2) is 0 Å². The molecule has 2 rings (SSSR count). The molecule has 0 atom stereocenters. The van der Waals surface area contributed by atoms with E-state index in [1.54, 1.807) is 0 Å². The Balaban J connectivity index is 2.19. The zero-order valence-corrected chi connectivity index (χ0v) is 9.86. The molecule has 0 aromatic carbocycles. The highest BCUT2D eigenvalue weighted by atomic mass is 15.2. The molecular formula is C11H17N5. The Bertz CT molecular complexity index is 441. The molecule has 2 aromatic rings. The Kier molecular flexibility index (Phi) is 2.94. The number of H-pyrrole nitrogens is 1. The average Bonchev–Trinajstić information content (AvgIpc) is 2.77. The fraction of sp³-hybridized carbons (Fsp3) is 0.455. The summed E-state index contributed by atoms with van der Waals surface area (Å²) in [6.45, 7) is 6.99. The summed E-state index contributed by atoms with van der Waals surface area (Å²) in [6.07, 6.45) is 5.76. The van der Waals surface area contributed by atoms with Crippen LogP contribution in [0.15, 0.2) is 18.6 Å². The Morgan fingerprint density at radius 3 is 2.94 bits per heavy atom. The average molecular weight is 219 g/mol. The van der Waals surface area contributed by atoms with Crippen LogP contribution >= 0.6 is 0 Å². The quantitative estimate of drug-likeness (QED) is 0.824. The number of anilines is 1. The summed E-state index contributed by atoms with van der Waals surface area (Å²) in [5.74, 6) is 0.911. The number of hydrogen-bond donors (Lipinski definition) is 2. The van der Waals surface area contributed by atoms with E-state index in [9.17, 15) is 0 Å². The van der Waals surface area contributed by atoms with Crippen LogP contribution in [0.2, 0.25) is 0 Å². The Labute approximate surface area is 94.9 Å². The third-order valence-corrected chi connectivity index (χ3v) is 2.22. The van der Waals surface area contributed by atoms with Gasteiger partial charge in [-0.15, -0.1) is 0 Å². The van der Waals surface area contributed by atoms with Gasteiger partial charge in [0.2, 0.25) is 5.95 Å². The first kappa shape index (κ1) is 10.7. The van der Waals surface area contributed by atoms with Crippen LogP contribution in [0.25, 0.3) is 0 Å². The number of aromatic amines is 1.